The molecule has 0 fully saturated rings. The predicted octanol–water partition coefficient (Wildman–Crippen LogP) is 4.59. The highest BCUT2D eigenvalue weighted by molar-refractivity contribution is 6.39. The number of hydrogen-bond donors (Lipinski definition) is 3. The van der Waals surface area contributed by atoms with Crippen LogP contribution in [0.15, 0.2) is 71.8 Å². The van der Waals surface area contributed by atoms with E-state index < -0.39 is 11.8 Å². The maximum Gasteiger partial charge on any atom is 0.329 e. The lowest BCUT2D eigenvalue weighted by Gasteiger charge is -2.11. The lowest BCUT2D eigenvalue weighted by atomic mass is 10.1. The third-order valence-corrected chi connectivity index (χ3v) is 5.39. The van der Waals surface area contributed by atoms with E-state index in [0.29, 0.717) is 29.4 Å². The fourth-order valence-corrected chi connectivity index (χ4v) is 3.37. The highest BCUT2D eigenvalue weighted by Crippen LogP contribution is 2.18. The van der Waals surface area contributed by atoms with Crippen molar-refractivity contribution in [3.8, 4) is 11.5 Å². The van der Waals surface area contributed by atoms with E-state index in [0.717, 1.165) is 29.7 Å². The van der Waals surface area contributed by atoms with Gasteiger partial charge in [0.2, 0.25) is 0 Å². The third kappa shape index (κ3) is 8.77. The number of rotatable bonds is 11. The number of hydrogen-bond acceptors (Lipinski definition) is 6. The SMILES string of the molecule is CCCCOc1ccc(NC(=O)C(=O)N/N=C\c2ccccc2OCC(=O)Nc2ccc(C)cc2C)cc1. The van der Waals surface area contributed by atoms with Crippen LogP contribution in [0.1, 0.15) is 36.5 Å². The second-order valence-electron chi connectivity index (χ2n) is 8.57. The topological polar surface area (TPSA) is 118 Å². The monoisotopic (exact) mass is 516 g/mol. The van der Waals surface area contributed by atoms with Gasteiger partial charge in [0.05, 0.1) is 12.8 Å². The van der Waals surface area contributed by atoms with Gasteiger partial charge in [-0.2, -0.15) is 5.10 Å². The summed E-state index contributed by atoms with van der Waals surface area (Å²) in [5.74, 6) is -1.03. The number of amides is 3. The van der Waals surface area contributed by atoms with Crippen LogP contribution in [0, 0.1) is 13.8 Å². The number of benzene rings is 3. The molecule has 198 valence electrons. The van der Waals surface area contributed by atoms with Gasteiger partial charge in [0.15, 0.2) is 6.61 Å². The van der Waals surface area contributed by atoms with Crippen molar-refractivity contribution in [2.75, 3.05) is 23.8 Å². The van der Waals surface area contributed by atoms with Crippen molar-refractivity contribution in [2.24, 2.45) is 5.10 Å². The van der Waals surface area contributed by atoms with Crippen molar-refractivity contribution in [1.29, 1.82) is 0 Å². The Morgan fingerprint density at radius 2 is 1.66 bits per heavy atom. The zero-order valence-corrected chi connectivity index (χ0v) is 21.7. The van der Waals surface area contributed by atoms with Crippen molar-refractivity contribution in [3.63, 3.8) is 0 Å². The first-order chi connectivity index (χ1) is 18.4. The van der Waals surface area contributed by atoms with Crippen LogP contribution in [0.3, 0.4) is 0 Å². The van der Waals surface area contributed by atoms with Gasteiger partial charge in [0, 0.05) is 16.9 Å². The van der Waals surface area contributed by atoms with Crippen molar-refractivity contribution in [2.45, 2.75) is 33.6 Å². The van der Waals surface area contributed by atoms with E-state index in [-0.39, 0.29) is 12.5 Å². The fraction of sp³-hybridized carbons (Fsp3) is 0.241. The van der Waals surface area contributed by atoms with E-state index in [4.69, 9.17) is 9.47 Å². The average molecular weight is 517 g/mol. The molecule has 3 rings (SSSR count). The van der Waals surface area contributed by atoms with E-state index >= 15 is 0 Å². The van der Waals surface area contributed by atoms with E-state index in [2.05, 4.69) is 28.1 Å². The van der Waals surface area contributed by atoms with E-state index in [1.165, 1.54) is 6.21 Å². The van der Waals surface area contributed by atoms with Gasteiger partial charge in [-0.25, -0.2) is 5.43 Å². The van der Waals surface area contributed by atoms with Gasteiger partial charge in [0.1, 0.15) is 11.5 Å². The standard InChI is InChI=1S/C29H32N4O5/c1-4-5-16-37-24-13-11-23(12-14-24)31-28(35)29(36)33-30-18-22-8-6-7-9-26(22)38-19-27(34)32-25-15-10-20(2)17-21(25)3/h6-15,17-18H,4-5,16,19H2,1-3H3,(H,31,35)(H,32,34)(H,33,36)/b30-18-. The van der Waals surface area contributed by atoms with Gasteiger partial charge in [0.25, 0.3) is 5.91 Å². The zero-order chi connectivity index (χ0) is 27.3. The molecule has 0 saturated heterocycles. The molecule has 0 saturated carbocycles. The summed E-state index contributed by atoms with van der Waals surface area (Å²) in [5, 5.41) is 9.18. The Morgan fingerprint density at radius 3 is 2.39 bits per heavy atom. The first-order valence-corrected chi connectivity index (χ1v) is 12.3. The minimum atomic E-state index is -0.934. The molecule has 0 unspecified atom stereocenters. The molecule has 0 aliphatic heterocycles. The maximum atomic E-state index is 12.4. The summed E-state index contributed by atoms with van der Waals surface area (Å²) in [5.41, 5.74) is 5.95. The number of nitrogens with one attached hydrogen (secondary N) is 3. The van der Waals surface area contributed by atoms with Crippen LogP contribution in [-0.4, -0.2) is 37.1 Å². The summed E-state index contributed by atoms with van der Waals surface area (Å²) in [6, 6.07) is 19.4. The molecule has 3 amide bonds. The predicted molar refractivity (Wildman–Crippen MR) is 148 cm³/mol. The van der Waals surface area contributed by atoms with Crippen LogP contribution in [-0.2, 0) is 14.4 Å². The first kappa shape index (κ1) is 27.9. The zero-order valence-electron chi connectivity index (χ0n) is 21.7. The van der Waals surface area contributed by atoms with Gasteiger partial charge in [-0.3, -0.25) is 14.4 Å². The van der Waals surface area contributed by atoms with Crippen LogP contribution in [0.5, 0.6) is 11.5 Å². The Hall–Kier alpha value is -4.66. The minimum absolute atomic E-state index is 0.213. The Kier molecular flexibility index (Phi) is 10.4. The molecule has 0 aliphatic carbocycles. The largest absolute Gasteiger partial charge is 0.494 e. The summed E-state index contributed by atoms with van der Waals surface area (Å²) >= 11 is 0. The fourth-order valence-electron chi connectivity index (χ4n) is 3.37. The number of unbranched alkanes of at least 4 members (excludes halogenated alkanes) is 1. The van der Waals surface area contributed by atoms with Gasteiger partial charge in [-0.1, -0.05) is 43.2 Å². The van der Waals surface area contributed by atoms with Gasteiger partial charge < -0.3 is 20.1 Å². The molecule has 0 heterocycles. The van der Waals surface area contributed by atoms with E-state index in [1.807, 2.05) is 32.0 Å². The van der Waals surface area contributed by atoms with Gasteiger partial charge in [-0.15, -0.1) is 0 Å². The maximum absolute atomic E-state index is 12.4. The molecule has 0 radical (unpaired) electrons. The third-order valence-electron chi connectivity index (χ3n) is 5.39. The summed E-state index contributed by atoms with van der Waals surface area (Å²) in [4.78, 5) is 36.7. The molecule has 3 aromatic carbocycles. The Balaban J connectivity index is 1.49. The molecule has 0 atom stereocenters. The molecule has 0 aliphatic rings. The van der Waals surface area contributed by atoms with Crippen LogP contribution in [0.25, 0.3) is 0 Å². The number of nitrogens with zero attached hydrogens (tertiary/aromatic N) is 1. The normalized spacial score (nSPS) is 10.6. The Morgan fingerprint density at radius 1 is 0.895 bits per heavy atom. The van der Waals surface area contributed by atoms with Crippen molar-refractivity contribution >= 4 is 35.3 Å². The molecule has 9 nitrogen and oxygen atoms in total. The van der Waals surface area contributed by atoms with Gasteiger partial charge in [-0.05, 0) is 68.3 Å². The van der Waals surface area contributed by atoms with Crippen molar-refractivity contribution < 1.29 is 23.9 Å². The summed E-state index contributed by atoms with van der Waals surface area (Å²) in [6.07, 6.45) is 3.33. The molecule has 0 bridgehead atoms. The number of hydrazone groups is 1. The smallest absolute Gasteiger partial charge is 0.329 e. The lowest BCUT2D eigenvalue weighted by molar-refractivity contribution is -0.136. The number of para-hydroxylation sites is 1. The lowest BCUT2D eigenvalue weighted by Crippen LogP contribution is -2.32. The summed E-state index contributed by atoms with van der Waals surface area (Å²) in [6.45, 7) is 6.40. The molecule has 0 spiro atoms. The summed E-state index contributed by atoms with van der Waals surface area (Å²) in [7, 11) is 0. The molecular formula is C29H32N4O5. The quantitative estimate of drug-likeness (QED) is 0.149. The number of anilines is 2. The van der Waals surface area contributed by atoms with Crippen molar-refractivity contribution in [3.05, 3.63) is 83.4 Å². The first-order valence-electron chi connectivity index (χ1n) is 12.3. The molecular weight excluding hydrogens is 484 g/mol. The number of aryl methyl sites for hydroxylation is 2. The molecule has 9 heteroatoms. The Bertz CT molecular complexity index is 1290. The molecule has 0 aromatic heterocycles. The molecule has 3 N–H and O–H groups in total. The van der Waals surface area contributed by atoms with Crippen LogP contribution in [0.4, 0.5) is 11.4 Å². The van der Waals surface area contributed by atoms with E-state index in [9.17, 15) is 14.4 Å². The van der Waals surface area contributed by atoms with E-state index in [1.54, 1.807) is 48.5 Å². The van der Waals surface area contributed by atoms with Crippen molar-refractivity contribution in [1.82, 2.24) is 5.43 Å². The highest BCUT2D eigenvalue weighted by atomic mass is 16.5. The number of carbonyl (C=O) groups excluding carboxylic acids is 3. The average Bonchev–Trinajstić information content (AvgIpc) is 2.90. The minimum Gasteiger partial charge on any atom is -0.494 e. The van der Waals surface area contributed by atoms with Crippen LogP contribution in [0.2, 0.25) is 0 Å². The molecule has 3 aromatic rings. The van der Waals surface area contributed by atoms with Crippen LogP contribution >= 0.6 is 0 Å². The number of carbonyl (C=O) groups is 3. The molecule has 38 heavy (non-hydrogen) atoms. The highest BCUT2D eigenvalue weighted by Gasteiger charge is 2.13. The van der Waals surface area contributed by atoms with Gasteiger partial charge >= 0.3 is 11.8 Å². The number of ether oxygens (including phenoxy) is 2. The second-order valence-corrected chi connectivity index (χ2v) is 8.57. The summed E-state index contributed by atoms with van der Waals surface area (Å²) < 4.78 is 11.2. The Labute approximate surface area is 222 Å². The second kappa shape index (κ2) is 14.2. The van der Waals surface area contributed by atoms with Crippen LogP contribution < -0.4 is 25.5 Å².